The Hall–Kier alpha value is -0.340. The molecule has 1 saturated carbocycles. The van der Waals surface area contributed by atoms with Crippen LogP contribution in [-0.2, 0) is 0 Å². The molecule has 1 aromatic rings. The molecule has 1 aromatic carbocycles. The van der Waals surface area contributed by atoms with E-state index in [1.165, 1.54) is 31.4 Å². The van der Waals surface area contributed by atoms with Crippen LogP contribution in [0.25, 0.3) is 0 Å². The second kappa shape index (κ2) is 5.13. The summed E-state index contributed by atoms with van der Waals surface area (Å²) in [5, 5.41) is 3.61. The van der Waals surface area contributed by atoms with Crippen molar-refractivity contribution in [3.8, 4) is 0 Å². The number of benzene rings is 1. The Morgan fingerprint density at radius 2 is 2.27 bits per heavy atom. The largest absolute Gasteiger partial charge is 0.310 e. The van der Waals surface area contributed by atoms with Gasteiger partial charge in [0.2, 0.25) is 0 Å². The molecular weight excluding hydrogens is 250 g/mol. The third kappa shape index (κ3) is 3.05. The van der Waals surface area contributed by atoms with Gasteiger partial charge in [0.15, 0.2) is 0 Å². The monoisotopic (exact) mass is 267 g/mol. The molecule has 1 aliphatic carbocycles. The molecule has 0 amide bonds. The Bertz CT molecular complexity index is 320. The van der Waals surface area contributed by atoms with Crippen molar-refractivity contribution in [2.24, 2.45) is 5.92 Å². The van der Waals surface area contributed by atoms with Gasteiger partial charge >= 0.3 is 0 Å². The molecule has 0 heterocycles. The minimum Gasteiger partial charge on any atom is -0.310 e. The quantitative estimate of drug-likeness (QED) is 0.873. The smallest absolute Gasteiger partial charge is 0.0292 e. The van der Waals surface area contributed by atoms with Crippen LogP contribution in [0.15, 0.2) is 28.7 Å². The van der Waals surface area contributed by atoms with Crippen LogP contribution in [0.1, 0.15) is 37.8 Å². The van der Waals surface area contributed by atoms with Crippen molar-refractivity contribution >= 4 is 15.9 Å². The fourth-order valence-electron chi connectivity index (χ4n) is 1.93. The van der Waals surface area contributed by atoms with Crippen molar-refractivity contribution in [3.63, 3.8) is 0 Å². The number of hydrogen-bond acceptors (Lipinski definition) is 1. The average Bonchev–Trinajstić information content (AvgIpc) is 2.15. The molecule has 2 heteroatoms. The average molecular weight is 268 g/mol. The molecule has 1 nitrogen and oxygen atoms in total. The number of hydrogen-bond donors (Lipinski definition) is 1. The number of rotatable bonds is 4. The van der Waals surface area contributed by atoms with Crippen LogP contribution in [-0.4, -0.2) is 6.54 Å². The zero-order chi connectivity index (χ0) is 10.7. The first-order chi connectivity index (χ1) is 7.25. The summed E-state index contributed by atoms with van der Waals surface area (Å²) < 4.78 is 1.16. The summed E-state index contributed by atoms with van der Waals surface area (Å²) in [4.78, 5) is 0. The minimum atomic E-state index is 0.461. The molecule has 1 fully saturated rings. The molecule has 15 heavy (non-hydrogen) atoms. The van der Waals surface area contributed by atoms with E-state index in [1.807, 2.05) is 0 Å². The molecule has 1 aliphatic rings. The zero-order valence-corrected chi connectivity index (χ0v) is 10.8. The molecule has 0 radical (unpaired) electrons. The number of nitrogens with one attached hydrogen (secondary N) is 1. The number of halogens is 1. The Labute approximate surface area is 100 Å². The van der Waals surface area contributed by atoms with Crippen molar-refractivity contribution in [2.75, 3.05) is 6.54 Å². The van der Waals surface area contributed by atoms with Crippen LogP contribution in [0.5, 0.6) is 0 Å². The second-order valence-corrected chi connectivity index (χ2v) is 5.40. The molecule has 1 N–H and O–H groups in total. The molecule has 0 aromatic heterocycles. The summed E-state index contributed by atoms with van der Waals surface area (Å²) in [7, 11) is 0. The maximum Gasteiger partial charge on any atom is 0.0292 e. The Balaban J connectivity index is 1.86. The van der Waals surface area contributed by atoms with Crippen LogP contribution in [0.3, 0.4) is 0 Å². The molecule has 0 bridgehead atoms. The molecule has 0 aliphatic heterocycles. The van der Waals surface area contributed by atoms with E-state index in [9.17, 15) is 0 Å². The van der Waals surface area contributed by atoms with Gasteiger partial charge in [0.1, 0.15) is 0 Å². The molecular formula is C13H18BrN. The predicted molar refractivity (Wildman–Crippen MR) is 67.9 cm³/mol. The molecule has 2 rings (SSSR count). The highest BCUT2D eigenvalue weighted by atomic mass is 79.9. The summed E-state index contributed by atoms with van der Waals surface area (Å²) in [6, 6.07) is 9.01. The van der Waals surface area contributed by atoms with Crippen molar-refractivity contribution < 1.29 is 0 Å². The second-order valence-electron chi connectivity index (χ2n) is 4.48. The van der Waals surface area contributed by atoms with Crippen molar-refractivity contribution in [2.45, 2.75) is 32.2 Å². The van der Waals surface area contributed by atoms with E-state index < -0.39 is 0 Å². The van der Waals surface area contributed by atoms with Gasteiger partial charge < -0.3 is 5.32 Å². The van der Waals surface area contributed by atoms with E-state index in [0.717, 1.165) is 10.4 Å². The van der Waals surface area contributed by atoms with Gasteiger partial charge in [0, 0.05) is 10.5 Å². The fraction of sp³-hybridized carbons (Fsp3) is 0.538. The fourth-order valence-corrected chi connectivity index (χ4v) is 2.35. The highest BCUT2D eigenvalue weighted by Gasteiger charge is 2.17. The topological polar surface area (TPSA) is 12.0 Å². The molecule has 0 spiro atoms. The predicted octanol–water partition coefficient (Wildman–Crippen LogP) is 3.90. The van der Waals surface area contributed by atoms with Gasteiger partial charge in [-0.1, -0.05) is 34.5 Å². The summed E-state index contributed by atoms with van der Waals surface area (Å²) in [5.74, 6) is 0.930. The molecule has 0 saturated heterocycles. The summed E-state index contributed by atoms with van der Waals surface area (Å²) in [6.07, 6.45) is 4.26. The minimum absolute atomic E-state index is 0.461. The van der Waals surface area contributed by atoms with Gasteiger partial charge in [-0.15, -0.1) is 0 Å². The first-order valence-corrected chi connectivity index (χ1v) is 6.54. The van der Waals surface area contributed by atoms with Crippen LogP contribution < -0.4 is 5.32 Å². The van der Waals surface area contributed by atoms with Crippen LogP contribution >= 0.6 is 15.9 Å². The highest BCUT2D eigenvalue weighted by Crippen LogP contribution is 2.26. The molecule has 0 unspecified atom stereocenters. The van der Waals surface area contributed by atoms with E-state index in [4.69, 9.17) is 0 Å². The SMILES string of the molecule is C[C@@H](NCC1CCC1)c1cccc(Br)c1. The molecule has 82 valence electrons. The van der Waals surface area contributed by atoms with Crippen LogP contribution in [0, 0.1) is 5.92 Å². The lowest BCUT2D eigenvalue weighted by molar-refractivity contribution is 0.292. The van der Waals surface area contributed by atoms with E-state index in [1.54, 1.807) is 0 Å². The van der Waals surface area contributed by atoms with Gasteiger partial charge in [-0.2, -0.15) is 0 Å². The first-order valence-electron chi connectivity index (χ1n) is 5.74. The standard InChI is InChI=1S/C13H18BrN/c1-10(15-9-11-4-2-5-11)12-6-3-7-13(14)8-12/h3,6-8,10-11,15H,2,4-5,9H2,1H3/t10-/m1/s1. The third-order valence-electron chi connectivity index (χ3n) is 3.29. The van der Waals surface area contributed by atoms with Crippen molar-refractivity contribution in [1.29, 1.82) is 0 Å². The zero-order valence-electron chi connectivity index (χ0n) is 9.17. The van der Waals surface area contributed by atoms with E-state index in [2.05, 4.69) is 52.4 Å². The summed E-state index contributed by atoms with van der Waals surface area (Å²) in [5.41, 5.74) is 1.36. The van der Waals surface area contributed by atoms with Gasteiger partial charge in [-0.25, -0.2) is 0 Å². The van der Waals surface area contributed by atoms with Gasteiger partial charge in [-0.05, 0) is 49.9 Å². The van der Waals surface area contributed by atoms with E-state index in [-0.39, 0.29) is 0 Å². The lowest BCUT2D eigenvalue weighted by Crippen LogP contribution is -2.29. The summed E-state index contributed by atoms with van der Waals surface area (Å²) >= 11 is 3.51. The lowest BCUT2D eigenvalue weighted by Gasteiger charge is -2.27. The maximum atomic E-state index is 3.61. The van der Waals surface area contributed by atoms with Gasteiger partial charge in [0.05, 0.1) is 0 Å². The van der Waals surface area contributed by atoms with Crippen molar-refractivity contribution in [1.82, 2.24) is 5.32 Å². The third-order valence-corrected chi connectivity index (χ3v) is 3.78. The van der Waals surface area contributed by atoms with E-state index >= 15 is 0 Å². The highest BCUT2D eigenvalue weighted by molar-refractivity contribution is 9.10. The van der Waals surface area contributed by atoms with Crippen LogP contribution in [0.4, 0.5) is 0 Å². The first kappa shape index (κ1) is 11.2. The maximum absolute atomic E-state index is 3.61. The lowest BCUT2D eigenvalue weighted by atomic mass is 9.85. The normalized spacial score (nSPS) is 18.5. The molecule has 1 atom stereocenters. The van der Waals surface area contributed by atoms with Crippen molar-refractivity contribution in [3.05, 3.63) is 34.3 Å². The summed E-state index contributed by atoms with van der Waals surface area (Å²) in [6.45, 7) is 3.41. The van der Waals surface area contributed by atoms with Gasteiger partial charge in [0.25, 0.3) is 0 Å². The Morgan fingerprint density at radius 3 is 2.87 bits per heavy atom. The van der Waals surface area contributed by atoms with Crippen LogP contribution in [0.2, 0.25) is 0 Å². The van der Waals surface area contributed by atoms with Gasteiger partial charge in [-0.3, -0.25) is 0 Å². The Kier molecular flexibility index (Phi) is 3.81. The van der Waals surface area contributed by atoms with E-state index in [0.29, 0.717) is 6.04 Å². The Morgan fingerprint density at radius 1 is 1.47 bits per heavy atom.